The number of amides is 2. The van der Waals surface area contributed by atoms with Gasteiger partial charge in [-0.3, -0.25) is 0 Å². The number of anilines is 1. The third-order valence-corrected chi connectivity index (χ3v) is 4.14. The van der Waals surface area contributed by atoms with E-state index in [9.17, 15) is 13.2 Å². The maximum Gasteiger partial charge on any atom is 0.319 e. The average Bonchev–Trinajstić information content (AvgIpc) is 2.46. The zero-order chi connectivity index (χ0) is 18.2. The summed E-state index contributed by atoms with van der Waals surface area (Å²) in [6, 6.07) is 5.39. The van der Waals surface area contributed by atoms with Gasteiger partial charge in [0.25, 0.3) is 0 Å². The van der Waals surface area contributed by atoms with Crippen molar-refractivity contribution in [2.75, 3.05) is 11.9 Å². The number of carbonyl (C=O) groups excluding carboxylic acids is 1. The molecule has 1 rings (SSSR count). The number of hydrogen-bond acceptors (Lipinski definition) is 3. The molecule has 6 nitrogen and oxygen atoms in total. The molecule has 7 heteroatoms. The Morgan fingerprint density at radius 2 is 1.92 bits per heavy atom. The van der Waals surface area contributed by atoms with Gasteiger partial charge in [0.2, 0.25) is 10.0 Å². The van der Waals surface area contributed by atoms with Crippen molar-refractivity contribution in [3.63, 3.8) is 0 Å². The van der Waals surface area contributed by atoms with E-state index in [4.69, 9.17) is 5.14 Å². The van der Waals surface area contributed by atoms with Gasteiger partial charge in [-0.15, -0.1) is 0 Å². The molecular formula is C17H25N3O3S. The minimum Gasteiger partial charge on any atom is -0.334 e. The highest BCUT2D eigenvalue weighted by Gasteiger charge is 2.09. The quantitative estimate of drug-likeness (QED) is 0.658. The lowest BCUT2D eigenvalue weighted by Gasteiger charge is -2.07. The molecule has 0 fully saturated rings. The Labute approximate surface area is 143 Å². The molecule has 24 heavy (non-hydrogen) atoms. The summed E-state index contributed by atoms with van der Waals surface area (Å²) in [7, 11) is -3.79. The zero-order valence-electron chi connectivity index (χ0n) is 14.3. The van der Waals surface area contributed by atoms with Crippen molar-refractivity contribution >= 4 is 21.7 Å². The lowest BCUT2D eigenvalue weighted by molar-refractivity contribution is 0.253. The molecule has 0 atom stereocenters. The van der Waals surface area contributed by atoms with Gasteiger partial charge < -0.3 is 10.6 Å². The molecule has 1 aromatic carbocycles. The molecule has 132 valence electrons. The van der Waals surface area contributed by atoms with Gasteiger partial charge in [-0.05, 0) is 51.8 Å². The number of primary sulfonamides is 1. The van der Waals surface area contributed by atoms with Crippen LogP contribution in [0.5, 0.6) is 0 Å². The lowest BCUT2D eigenvalue weighted by atomic mass is 10.1. The van der Waals surface area contributed by atoms with Crippen molar-refractivity contribution in [1.82, 2.24) is 5.32 Å². The van der Waals surface area contributed by atoms with E-state index in [2.05, 4.69) is 30.6 Å². The van der Waals surface area contributed by atoms with Crippen molar-refractivity contribution in [2.24, 2.45) is 5.14 Å². The number of rotatable bonds is 7. The topological polar surface area (TPSA) is 101 Å². The molecule has 0 spiro atoms. The van der Waals surface area contributed by atoms with Gasteiger partial charge in [-0.2, -0.15) is 0 Å². The maximum absolute atomic E-state index is 11.8. The minimum atomic E-state index is -3.79. The highest BCUT2D eigenvalue weighted by atomic mass is 32.2. The fraction of sp³-hybridized carbons (Fsp3) is 0.353. The second-order valence-electron chi connectivity index (χ2n) is 5.78. The Hall–Kier alpha value is -2.12. The molecule has 0 radical (unpaired) electrons. The smallest absolute Gasteiger partial charge is 0.319 e. The van der Waals surface area contributed by atoms with Gasteiger partial charge in [-0.25, -0.2) is 18.4 Å². The molecule has 4 N–H and O–H groups in total. The Balaban J connectivity index is 2.48. The molecule has 1 aromatic rings. The first-order chi connectivity index (χ1) is 11.2. The number of sulfonamides is 1. The summed E-state index contributed by atoms with van der Waals surface area (Å²) in [5, 5.41) is 10.3. The number of nitrogens with two attached hydrogens (primary N) is 1. The summed E-state index contributed by atoms with van der Waals surface area (Å²) < 4.78 is 22.6. The predicted molar refractivity (Wildman–Crippen MR) is 97.3 cm³/mol. The van der Waals surface area contributed by atoms with Gasteiger partial charge in [0.1, 0.15) is 0 Å². The molecular weight excluding hydrogens is 326 g/mol. The summed E-state index contributed by atoms with van der Waals surface area (Å²) in [6.07, 6.45) is 6.07. The summed E-state index contributed by atoms with van der Waals surface area (Å²) in [4.78, 5) is 11.8. The third kappa shape index (κ3) is 7.94. The lowest BCUT2D eigenvalue weighted by Crippen LogP contribution is -2.29. The number of nitrogens with one attached hydrogen (secondary N) is 2. The standard InChI is InChI=1S/C17H25N3O3S/c1-13(2)6-4-7-14(3)10-11-19-17(21)20-15-8-5-9-16(12-15)24(18,22)23/h5-6,8-10,12H,4,7,11H2,1-3H3,(H2,18,22,23)(H2,19,20,21). The molecule has 0 aliphatic rings. The van der Waals surface area contributed by atoms with E-state index in [1.165, 1.54) is 29.3 Å². The Morgan fingerprint density at radius 3 is 2.54 bits per heavy atom. The molecule has 0 bridgehead atoms. The Kier molecular flexibility index (Phi) is 7.67. The van der Waals surface area contributed by atoms with Crippen LogP contribution in [-0.2, 0) is 10.0 Å². The average molecular weight is 351 g/mol. The molecule has 0 unspecified atom stereocenters. The van der Waals surface area contributed by atoms with Gasteiger partial charge in [0.05, 0.1) is 4.90 Å². The molecule has 2 amide bonds. The number of allylic oxidation sites excluding steroid dienone is 3. The first-order valence-corrected chi connectivity index (χ1v) is 9.20. The van der Waals surface area contributed by atoms with Crippen LogP contribution in [0.3, 0.4) is 0 Å². The van der Waals surface area contributed by atoms with Crippen LogP contribution in [0.25, 0.3) is 0 Å². The monoisotopic (exact) mass is 351 g/mol. The fourth-order valence-electron chi connectivity index (χ4n) is 1.93. The predicted octanol–water partition coefficient (Wildman–Crippen LogP) is 3.15. The third-order valence-electron chi connectivity index (χ3n) is 3.22. The fourth-order valence-corrected chi connectivity index (χ4v) is 2.49. The Morgan fingerprint density at radius 1 is 1.21 bits per heavy atom. The molecule has 0 saturated heterocycles. The van der Waals surface area contributed by atoms with Crippen LogP contribution >= 0.6 is 0 Å². The van der Waals surface area contributed by atoms with Gasteiger partial charge in [0, 0.05) is 12.2 Å². The van der Waals surface area contributed by atoms with Crippen LogP contribution in [0.4, 0.5) is 10.5 Å². The van der Waals surface area contributed by atoms with Crippen molar-refractivity contribution < 1.29 is 13.2 Å². The van der Waals surface area contributed by atoms with E-state index in [0.717, 1.165) is 12.8 Å². The highest BCUT2D eigenvalue weighted by molar-refractivity contribution is 7.89. The second-order valence-corrected chi connectivity index (χ2v) is 7.34. The summed E-state index contributed by atoms with van der Waals surface area (Å²) >= 11 is 0. The largest absolute Gasteiger partial charge is 0.334 e. The van der Waals surface area contributed by atoms with E-state index in [1.54, 1.807) is 6.07 Å². The maximum atomic E-state index is 11.8. The van der Waals surface area contributed by atoms with E-state index in [1.807, 2.05) is 13.0 Å². The SMILES string of the molecule is CC(C)=CCCC(C)=CCNC(=O)Nc1cccc(S(N)(=O)=O)c1. The first kappa shape index (κ1) is 19.9. The molecule has 0 saturated carbocycles. The van der Waals surface area contributed by atoms with Crippen LogP contribution < -0.4 is 15.8 Å². The summed E-state index contributed by atoms with van der Waals surface area (Å²) in [5.74, 6) is 0. The second kappa shape index (κ2) is 9.24. The van der Waals surface area contributed by atoms with Crippen molar-refractivity contribution in [3.8, 4) is 0 Å². The van der Waals surface area contributed by atoms with Crippen molar-refractivity contribution in [1.29, 1.82) is 0 Å². The van der Waals surface area contributed by atoms with Crippen LogP contribution in [0, 0.1) is 0 Å². The van der Waals surface area contributed by atoms with Crippen LogP contribution in [-0.4, -0.2) is 21.0 Å². The number of urea groups is 1. The van der Waals surface area contributed by atoms with E-state index in [-0.39, 0.29) is 4.90 Å². The van der Waals surface area contributed by atoms with E-state index >= 15 is 0 Å². The summed E-state index contributed by atoms with van der Waals surface area (Å²) in [6.45, 7) is 6.56. The van der Waals surface area contributed by atoms with Gasteiger partial charge in [0.15, 0.2) is 0 Å². The normalized spacial score (nSPS) is 11.8. The van der Waals surface area contributed by atoms with Crippen molar-refractivity contribution in [2.45, 2.75) is 38.5 Å². The zero-order valence-corrected chi connectivity index (χ0v) is 15.1. The van der Waals surface area contributed by atoms with Crippen molar-refractivity contribution in [3.05, 3.63) is 47.6 Å². The highest BCUT2D eigenvalue weighted by Crippen LogP contribution is 2.13. The van der Waals surface area contributed by atoms with E-state index < -0.39 is 16.1 Å². The minimum absolute atomic E-state index is 0.0460. The van der Waals surface area contributed by atoms with E-state index in [0.29, 0.717) is 12.2 Å². The molecule has 0 aliphatic carbocycles. The van der Waals surface area contributed by atoms with Crippen LogP contribution in [0.1, 0.15) is 33.6 Å². The summed E-state index contributed by atoms with van der Waals surface area (Å²) in [5.41, 5.74) is 2.86. The van der Waals surface area contributed by atoms with Gasteiger partial charge >= 0.3 is 6.03 Å². The van der Waals surface area contributed by atoms with Crippen LogP contribution in [0.2, 0.25) is 0 Å². The number of hydrogen-bond donors (Lipinski definition) is 3. The molecule has 0 aromatic heterocycles. The first-order valence-electron chi connectivity index (χ1n) is 7.65. The molecule has 0 heterocycles. The van der Waals surface area contributed by atoms with Gasteiger partial charge in [-0.1, -0.05) is 29.4 Å². The number of benzene rings is 1. The Bertz CT molecular complexity index is 733. The molecule has 0 aliphatic heterocycles. The number of carbonyl (C=O) groups is 1. The van der Waals surface area contributed by atoms with Crippen LogP contribution in [0.15, 0.2) is 52.5 Å².